The Kier molecular flexibility index (Phi) is 4.44. The molecule has 0 aromatic heterocycles. The molecule has 1 aliphatic heterocycles. The number of ether oxygens (including phenoxy) is 1. The quantitative estimate of drug-likeness (QED) is 0.799. The molecule has 3 nitrogen and oxygen atoms in total. The third-order valence-corrected chi connectivity index (χ3v) is 2.97. The van der Waals surface area contributed by atoms with Gasteiger partial charge in [-0.25, -0.2) is 0 Å². The molecule has 1 heterocycles. The molecule has 0 amide bonds. The maximum atomic E-state index is 12.5. The highest BCUT2D eigenvalue weighted by molar-refractivity contribution is 6.00. The molecule has 0 spiro atoms. The molecule has 0 unspecified atom stereocenters. The molecule has 0 aliphatic carbocycles. The van der Waals surface area contributed by atoms with Gasteiger partial charge in [0.05, 0.1) is 13.2 Å². The maximum absolute atomic E-state index is 12.5. The number of allylic oxidation sites excluding steroid dienone is 1. The van der Waals surface area contributed by atoms with Gasteiger partial charge in [0.25, 0.3) is 5.78 Å². The third kappa shape index (κ3) is 3.60. The largest absolute Gasteiger partial charge is 0.454 e. The molecule has 20 heavy (non-hydrogen) atoms. The van der Waals surface area contributed by atoms with Crippen molar-refractivity contribution in [1.29, 1.82) is 0 Å². The average Bonchev–Trinajstić information content (AvgIpc) is 2.45. The van der Waals surface area contributed by atoms with E-state index < -0.39 is 12.0 Å². The summed E-state index contributed by atoms with van der Waals surface area (Å²) in [4.78, 5) is 13.0. The highest BCUT2D eigenvalue weighted by Gasteiger charge is 2.37. The van der Waals surface area contributed by atoms with Gasteiger partial charge in [0.1, 0.15) is 0 Å². The second-order valence-corrected chi connectivity index (χ2v) is 4.36. The number of hydrogen-bond donors (Lipinski definition) is 0. The lowest BCUT2D eigenvalue weighted by Crippen LogP contribution is -2.35. The molecule has 1 aromatic carbocycles. The Morgan fingerprint density at radius 3 is 2.30 bits per heavy atom. The summed E-state index contributed by atoms with van der Waals surface area (Å²) in [7, 11) is 0. The van der Waals surface area contributed by atoms with Crippen LogP contribution in [0.2, 0.25) is 0 Å². The number of hydrogen-bond acceptors (Lipinski definition) is 3. The van der Waals surface area contributed by atoms with Gasteiger partial charge >= 0.3 is 6.18 Å². The Morgan fingerprint density at radius 1 is 1.15 bits per heavy atom. The van der Waals surface area contributed by atoms with E-state index in [-0.39, 0.29) is 5.70 Å². The standard InChI is InChI=1S/C14H14F3NO2/c15-14(16,17)13(19)10-12(11-4-2-1-3-5-11)18-6-8-20-9-7-18/h1-5,10H,6-9H2/b12-10+. The summed E-state index contributed by atoms with van der Waals surface area (Å²) in [5, 5.41) is 0. The summed E-state index contributed by atoms with van der Waals surface area (Å²) in [5.41, 5.74) is 0.878. The van der Waals surface area contributed by atoms with Gasteiger partial charge in [-0.05, 0) is 5.56 Å². The average molecular weight is 285 g/mol. The van der Waals surface area contributed by atoms with Crippen LogP contribution in [0.1, 0.15) is 5.56 Å². The van der Waals surface area contributed by atoms with Crippen LogP contribution in [-0.4, -0.2) is 43.2 Å². The first kappa shape index (κ1) is 14.6. The number of nitrogens with zero attached hydrogens (tertiary/aromatic N) is 1. The number of alkyl halides is 3. The van der Waals surface area contributed by atoms with Crippen molar-refractivity contribution in [3.8, 4) is 0 Å². The van der Waals surface area contributed by atoms with E-state index in [0.717, 1.165) is 0 Å². The zero-order valence-electron chi connectivity index (χ0n) is 10.7. The van der Waals surface area contributed by atoms with E-state index in [9.17, 15) is 18.0 Å². The van der Waals surface area contributed by atoms with E-state index in [1.54, 1.807) is 35.2 Å². The number of benzene rings is 1. The molecule has 0 radical (unpaired) electrons. The Balaban J connectivity index is 2.34. The number of carbonyl (C=O) groups excluding carboxylic acids is 1. The summed E-state index contributed by atoms with van der Waals surface area (Å²) >= 11 is 0. The van der Waals surface area contributed by atoms with Crippen LogP contribution >= 0.6 is 0 Å². The molecule has 1 fully saturated rings. The fourth-order valence-corrected chi connectivity index (χ4v) is 1.98. The zero-order valence-corrected chi connectivity index (χ0v) is 10.7. The van der Waals surface area contributed by atoms with Crippen LogP contribution in [0.5, 0.6) is 0 Å². The summed E-state index contributed by atoms with van der Waals surface area (Å²) in [5.74, 6) is -1.84. The Morgan fingerprint density at radius 2 is 1.75 bits per heavy atom. The van der Waals surface area contributed by atoms with Crippen molar-refractivity contribution in [2.45, 2.75) is 6.18 Å². The lowest BCUT2D eigenvalue weighted by Gasteiger charge is -2.31. The van der Waals surface area contributed by atoms with E-state index in [2.05, 4.69) is 0 Å². The van der Waals surface area contributed by atoms with Gasteiger partial charge in [-0.2, -0.15) is 13.2 Å². The van der Waals surface area contributed by atoms with E-state index in [0.29, 0.717) is 37.9 Å². The summed E-state index contributed by atoms with van der Waals surface area (Å²) in [6.45, 7) is 1.80. The van der Waals surface area contributed by atoms with Gasteiger partial charge in [-0.1, -0.05) is 30.3 Å². The number of halogens is 3. The first-order valence-electron chi connectivity index (χ1n) is 6.19. The third-order valence-electron chi connectivity index (χ3n) is 2.97. The maximum Gasteiger partial charge on any atom is 0.454 e. The molecule has 2 rings (SSSR count). The molecule has 6 heteroatoms. The minimum Gasteiger partial charge on any atom is -0.378 e. The molecule has 0 saturated carbocycles. The first-order chi connectivity index (χ1) is 9.48. The van der Waals surface area contributed by atoms with Crippen LogP contribution in [0, 0.1) is 0 Å². The van der Waals surface area contributed by atoms with Gasteiger partial charge in [-0.3, -0.25) is 4.79 Å². The van der Waals surface area contributed by atoms with Crippen molar-refractivity contribution < 1.29 is 22.7 Å². The molecule has 1 aliphatic rings. The van der Waals surface area contributed by atoms with Crippen LogP contribution in [0.25, 0.3) is 5.70 Å². The number of rotatable bonds is 3. The minimum atomic E-state index is -4.85. The molecule has 0 atom stereocenters. The molecule has 0 N–H and O–H groups in total. The van der Waals surface area contributed by atoms with Crippen molar-refractivity contribution in [1.82, 2.24) is 4.90 Å². The summed E-state index contributed by atoms with van der Waals surface area (Å²) < 4.78 is 42.5. The van der Waals surface area contributed by atoms with Gasteiger partial charge < -0.3 is 9.64 Å². The lowest BCUT2D eigenvalue weighted by atomic mass is 10.1. The fraction of sp³-hybridized carbons (Fsp3) is 0.357. The lowest BCUT2D eigenvalue weighted by molar-refractivity contribution is -0.165. The van der Waals surface area contributed by atoms with Crippen LogP contribution < -0.4 is 0 Å². The smallest absolute Gasteiger partial charge is 0.378 e. The fourth-order valence-electron chi connectivity index (χ4n) is 1.98. The summed E-state index contributed by atoms with van der Waals surface area (Å²) in [6.07, 6.45) is -4.19. The van der Waals surface area contributed by atoms with Gasteiger partial charge in [0.15, 0.2) is 0 Å². The first-order valence-corrected chi connectivity index (χ1v) is 6.19. The Hall–Kier alpha value is -1.82. The van der Waals surface area contributed by atoms with Crippen LogP contribution in [0.3, 0.4) is 0 Å². The van der Waals surface area contributed by atoms with Crippen LogP contribution in [-0.2, 0) is 9.53 Å². The molecular weight excluding hydrogens is 271 g/mol. The number of ketones is 1. The number of morpholine rings is 1. The normalized spacial score (nSPS) is 17.1. The summed E-state index contributed by atoms with van der Waals surface area (Å²) in [6, 6.07) is 8.59. The monoisotopic (exact) mass is 285 g/mol. The molecule has 108 valence electrons. The van der Waals surface area contributed by atoms with E-state index in [1.165, 1.54) is 0 Å². The van der Waals surface area contributed by atoms with Crippen LogP contribution in [0.4, 0.5) is 13.2 Å². The van der Waals surface area contributed by atoms with Gasteiger partial charge in [0, 0.05) is 24.9 Å². The van der Waals surface area contributed by atoms with Gasteiger partial charge in [-0.15, -0.1) is 0 Å². The van der Waals surface area contributed by atoms with Crippen LogP contribution in [0.15, 0.2) is 36.4 Å². The van der Waals surface area contributed by atoms with Crippen molar-refractivity contribution in [3.63, 3.8) is 0 Å². The molecular formula is C14H14F3NO2. The van der Waals surface area contributed by atoms with Crippen molar-refractivity contribution >= 4 is 11.5 Å². The van der Waals surface area contributed by atoms with Crippen molar-refractivity contribution in [2.75, 3.05) is 26.3 Å². The Bertz CT molecular complexity index is 491. The predicted molar refractivity (Wildman–Crippen MR) is 67.9 cm³/mol. The molecule has 1 saturated heterocycles. The predicted octanol–water partition coefficient (Wildman–Crippen LogP) is 2.49. The Labute approximate surface area is 114 Å². The second-order valence-electron chi connectivity index (χ2n) is 4.36. The molecule has 0 bridgehead atoms. The van der Waals surface area contributed by atoms with Gasteiger partial charge in [0.2, 0.25) is 0 Å². The van der Waals surface area contributed by atoms with E-state index in [4.69, 9.17) is 4.74 Å². The number of carbonyl (C=O) groups is 1. The highest BCUT2D eigenvalue weighted by atomic mass is 19.4. The topological polar surface area (TPSA) is 29.5 Å². The van der Waals surface area contributed by atoms with E-state index in [1.807, 2.05) is 0 Å². The van der Waals surface area contributed by atoms with E-state index >= 15 is 0 Å². The molecule has 1 aromatic rings. The van der Waals surface area contributed by atoms with Crippen molar-refractivity contribution in [2.24, 2.45) is 0 Å². The minimum absolute atomic E-state index is 0.288. The SMILES string of the molecule is O=C(/C=C(\c1ccccc1)N1CCOCC1)C(F)(F)F. The second kappa shape index (κ2) is 6.09. The zero-order chi connectivity index (χ0) is 14.6. The highest BCUT2D eigenvalue weighted by Crippen LogP contribution is 2.24. The van der Waals surface area contributed by atoms with Crippen molar-refractivity contribution in [3.05, 3.63) is 42.0 Å².